The third-order valence-corrected chi connectivity index (χ3v) is 6.25. The molecule has 0 bridgehead atoms. The van der Waals surface area contributed by atoms with Crippen molar-refractivity contribution in [2.75, 3.05) is 24.1 Å². The first-order chi connectivity index (χ1) is 14.2. The minimum Gasteiger partial charge on any atom is -0.383 e. The largest absolute Gasteiger partial charge is 0.383 e. The second kappa shape index (κ2) is 11.2. The van der Waals surface area contributed by atoms with Crippen LogP contribution in [0.2, 0.25) is 0 Å². The molecule has 4 nitrogen and oxygen atoms in total. The van der Waals surface area contributed by atoms with Crippen molar-refractivity contribution >= 4 is 43.7 Å². The fourth-order valence-electron chi connectivity index (χ4n) is 3.77. The van der Waals surface area contributed by atoms with E-state index in [0.717, 1.165) is 49.0 Å². The zero-order chi connectivity index (χ0) is 22.3. The van der Waals surface area contributed by atoms with Gasteiger partial charge in [0.15, 0.2) is 0 Å². The average Bonchev–Trinajstić information content (AvgIpc) is 2.68. The lowest BCUT2D eigenvalue weighted by Crippen LogP contribution is -2.35. The maximum atomic E-state index is 6.59. The maximum absolute atomic E-state index is 6.59. The molecule has 3 N–H and O–H groups in total. The Kier molecular flexibility index (Phi) is 9.31. The maximum Gasteiger partial charge on any atom is 0.127 e. The Hall–Kier alpha value is -1.45. The lowest BCUT2D eigenvalue weighted by atomic mass is 9.89. The summed E-state index contributed by atoms with van der Waals surface area (Å²) >= 11 is 1.58. The lowest BCUT2D eigenvalue weighted by molar-refractivity contribution is 0.269. The van der Waals surface area contributed by atoms with Crippen LogP contribution in [0.5, 0.6) is 0 Å². The topological polar surface area (TPSA) is 53.6 Å². The predicted molar refractivity (Wildman–Crippen MR) is 140 cm³/mol. The molecule has 1 aliphatic rings. The van der Waals surface area contributed by atoms with Crippen molar-refractivity contribution in [1.82, 2.24) is 4.90 Å². The molecule has 0 amide bonds. The number of amidine groups is 1. The Labute approximate surface area is 190 Å². The van der Waals surface area contributed by atoms with Crippen LogP contribution in [-0.2, 0) is 0 Å². The number of rotatable bonds is 8. The van der Waals surface area contributed by atoms with Crippen LogP contribution in [-0.4, -0.2) is 30.1 Å². The van der Waals surface area contributed by atoms with E-state index in [4.69, 9.17) is 10.7 Å². The molecular weight excluding hydrogens is 407 g/mol. The smallest absolute Gasteiger partial charge is 0.127 e. The van der Waals surface area contributed by atoms with Crippen LogP contribution in [0, 0.1) is 5.41 Å². The summed E-state index contributed by atoms with van der Waals surface area (Å²) in [6.07, 6.45) is 8.52. The predicted octanol–water partition coefficient (Wildman–Crippen LogP) is 6.01. The van der Waals surface area contributed by atoms with Crippen LogP contribution in [0.3, 0.4) is 0 Å². The van der Waals surface area contributed by atoms with E-state index in [2.05, 4.69) is 65.6 Å². The standard InChI is InChI=1S/C24H39N4PS/c1-7-9-18-19(12-14-28(21(18)8-2)15-13-24(3,4)5)23(25)26-20-11-10-17(27-30-6)16-22(20)29/h8,10-11,16,27H,7,9,12-15,29H2,1-6H3,(H2,25,26)/b21-8+. The molecule has 1 aliphatic heterocycles. The van der Waals surface area contributed by atoms with Gasteiger partial charge in [0.1, 0.15) is 5.84 Å². The summed E-state index contributed by atoms with van der Waals surface area (Å²) in [5, 5.41) is 1.04. The van der Waals surface area contributed by atoms with Gasteiger partial charge in [-0.3, -0.25) is 0 Å². The van der Waals surface area contributed by atoms with Gasteiger partial charge in [-0.05, 0) is 60.7 Å². The Bertz CT molecular complexity index is 821. The molecule has 1 aromatic rings. The first-order valence-electron chi connectivity index (χ1n) is 10.9. The highest BCUT2D eigenvalue weighted by atomic mass is 32.2. The second-order valence-corrected chi connectivity index (χ2v) is 10.2. The van der Waals surface area contributed by atoms with Gasteiger partial charge in [0.2, 0.25) is 0 Å². The Morgan fingerprint density at radius 1 is 1.37 bits per heavy atom. The number of nitrogens with zero attached hydrogens (tertiary/aromatic N) is 2. The fourth-order valence-corrected chi connectivity index (χ4v) is 4.47. The lowest BCUT2D eigenvalue weighted by Gasteiger charge is -2.37. The molecule has 0 aromatic heterocycles. The Morgan fingerprint density at radius 3 is 2.67 bits per heavy atom. The zero-order valence-corrected chi connectivity index (χ0v) is 21.5. The van der Waals surface area contributed by atoms with Gasteiger partial charge in [-0.25, -0.2) is 4.99 Å². The Morgan fingerprint density at radius 2 is 2.10 bits per heavy atom. The van der Waals surface area contributed by atoms with Crippen LogP contribution in [0.15, 0.2) is 46.1 Å². The summed E-state index contributed by atoms with van der Waals surface area (Å²) in [4.78, 5) is 7.37. The number of allylic oxidation sites excluding steroid dienone is 2. The third-order valence-electron chi connectivity index (χ3n) is 5.35. The van der Waals surface area contributed by atoms with E-state index < -0.39 is 0 Å². The summed E-state index contributed by atoms with van der Waals surface area (Å²) in [5.74, 6) is 0.655. The molecule has 0 spiro atoms. The average molecular weight is 447 g/mol. The van der Waals surface area contributed by atoms with Crippen molar-refractivity contribution in [3.63, 3.8) is 0 Å². The summed E-state index contributed by atoms with van der Waals surface area (Å²) in [6.45, 7) is 13.4. The summed E-state index contributed by atoms with van der Waals surface area (Å²) in [6, 6.07) is 6.16. The van der Waals surface area contributed by atoms with E-state index >= 15 is 0 Å². The normalized spacial score (nSPS) is 17.1. The van der Waals surface area contributed by atoms with Gasteiger partial charge >= 0.3 is 0 Å². The van der Waals surface area contributed by atoms with Gasteiger partial charge < -0.3 is 15.4 Å². The van der Waals surface area contributed by atoms with Gasteiger partial charge in [0.25, 0.3) is 0 Å². The monoisotopic (exact) mass is 446 g/mol. The highest BCUT2D eigenvalue weighted by molar-refractivity contribution is 7.99. The van der Waals surface area contributed by atoms with Gasteiger partial charge in [-0.1, -0.05) is 52.1 Å². The molecule has 166 valence electrons. The number of hydrogen-bond acceptors (Lipinski definition) is 4. The molecule has 1 heterocycles. The van der Waals surface area contributed by atoms with E-state index in [9.17, 15) is 0 Å². The molecule has 2 rings (SSSR count). The van der Waals surface area contributed by atoms with Crippen molar-refractivity contribution in [3.05, 3.63) is 41.1 Å². The first kappa shape index (κ1) is 24.8. The summed E-state index contributed by atoms with van der Waals surface area (Å²) < 4.78 is 3.26. The molecule has 0 aliphatic carbocycles. The third kappa shape index (κ3) is 6.78. The molecule has 0 saturated heterocycles. The van der Waals surface area contributed by atoms with Gasteiger partial charge in [0.05, 0.1) is 5.69 Å². The number of nitrogens with two attached hydrogens (primary N) is 1. The van der Waals surface area contributed by atoms with Crippen molar-refractivity contribution in [2.45, 2.75) is 60.3 Å². The molecular formula is C24H39N4PS. The Balaban J connectivity index is 2.36. The molecule has 6 heteroatoms. The molecule has 0 fully saturated rings. The number of hydrogen-bond donors (Lipinski definition) is 2. The van der Waals surface area contributed by atoms with Crippen LogP contribution in [0.4, 0.5) is 11.4 Å². The molecule has 1 unspecified atom stereocenters. The molecule has 0 radical (unpaired) electrons. The van der Waals surface area contributed by atoms with Crippen molar-refractivity contribution in [2.24, 2.45) is 16.1 Å². The van der Waals surface area contributed by atoms with Gasteiger partial charge in [0, 0.05) is 36.3 Å². The van der Waals surface area contributed by atoms with E-state index in [0.29, 0.717) is 11.3 Å². The SMILES string of the molecule is C/C=C1\C(CCC)=C(C(N)=Nc2ccc(NSC)cc2P)CCN1CCC(C)(C)C. The number of benzene rings is 1. The number of nitrogens with one attached hydrogen (secondary N) is 1. The van der Waals surface area contributed by atoms with E-state index in [-0.39, 0.29) is 0 Å². The van der Waals surface area contributed by atoms with Gasteiger partial charge in [-0.15, -0.1) is 9.24 Å². The highest BCUT2D eigenvalue weighted by Crippen LogP contribution is 2.33. The number of aliphatic imine (C=N–C) groups is 1. The fraction of sp³-hybridized carbons (Fsp3) is 0.542. The first-order valence-corrected chi connectivity index (χ1v) is 12.7. The van der Waals surface area contributed by atoms with E-state index in [1.165, 1.54) is 23.3 Å². The molecule has 30 heavy (non-hydrogen) atoms. The summed E-state index contributed by atoms with van der Waals surface area (Å²) in [7, 11) is 2.78. The van der Waals surface area contributed by atoms with Crippen LogP contribution >= 0.6 is 21.2 Å². The van der Waals surface area contributed by atoms with Crippen molar-refractivity contribution < 1.29 is 0 Å². The van der Waals surface area contributed by atoms with Crippen LogP contribution < -0.4 is 15.8 Å². The van der Waals surface area contributed by atoms with Crippen LogP contribution in [0.25, 0.3) is 0 Å². The quantitative estimate of drug-likeness (QED) is 0.222. The summed E-state index contributed by atoms with van der Waals surface area (Å²) in [5.41, 5.74) is 12.8. The minimum atomic E-state index is 0.334. The highest BCUT2D eigenvalue weighted by Gasteiger charge is 2.25. The van der Waals surface area contributed by atoms with Crippen molar-refractivity contribution in [1.29, 1.82) is 0 Å². The molecule has 1 aromatic carbocycles. The molecule has 1 atom stereocenters. The van der Waals surface area contributed by atoms with E-state index in [1.807, 2.05) is 18.4 Å². The second-order valence-electron chi connectivity index (χ2n) is 9.01. The van der Waals surface area contributed by atoms with E-state index in [1.54, 1.807) is 11.9 Å². The minimum absolute atomic E-state index is 0.334. The zero-order valence-electron chi connectivity index (χ0n) is 19.5. The molecule has 0 saturated carbocycles. The van der Waals surface area contributed by atoms with Crippen molar-refractivity contribution in [3.8, 4) is 0 Å². The van der Waals surface area contributed by atoms with Crippen LogP contribution in [0.1, 0.15) is 60.3 Å². The van der Waals surface area contributed by atoms with Gasteiger partial charge in [-0.2, -0.15) is 0 Å². The number of anilines is 1.